The van der Waals surface area contributed by atoms with Gasteiger partial charge >= 0.3 is 0 Å². The van der Waals surface area contributed by atoms with Crippen LogP contribution in [-0.4, -0.2) is 16.3 Å². The monoisotopic (exact) mass is 128 g/mol. The summed E-state index contributed by atoms with van der Waals surface area (Å²) >= 11 is 0. The number of unbranched alkanes of at least 4 members (excludes halogenated alkanes) is 1. The van der Waals surface area contributed by atoms with E-state index in [0.29, 0.717) is 6.42 Å². The van der Waals surface area contributed by atoms with Gasteiger partial charge in [-0.2, -0.15) is 0 Å². The molecule has 0 saturated heterocycles. The Morgan fingerprint density at radius 3 is 2.67 bits per heavy atom. The number of hydrogen-bond donors (Lipinski definition) is 2. The highest BCUT2D eigenvalue weighted by Crippen LogP contribution is 1.97. The van der Waals surface area contributed by atoms with Gasteiger partial charge in [0.15, 0.2) is 0 Å². The number of aliphatic hydroxyl groups excluding tert-OH is 2. The number of hydrogen-bond acceptors (Lipinski definition) is 2. The predicted molar refractivity (Wildman–Crippen MR) is 35.2 cm³/mol. The van der Waals surface area contributed by atoms with Gasteiger partial charge in [-0.05, 0) is 12.3 Å². The lowest BCUT2D eigenvalue weighted by Gasteiger charge is -1.97. The van der Waals surface area contributed by atoms with E-state index in [1.54, 1.807) is 6.11 Å². The van der Waals surface area contributed by atoms with Gasteiger partial charge in [-0.15, -0.1) is 0 Å². The van der Waals surface area contributed by atoms with Crippen LogP contribution in [0.4, 0.5) is 0 Å². The minimum Gasteiger partial charge on any atom is -0.462 e. The molecule has 9 heavy (non-hydrogen) atoms. The van der Waals surface area contributed by atoms with Crippen molar-refractivity contribution in [3.05, 3.63) is 0 Å². The first kappa shape index (κ1) is 8.32. The summed E-state index contributed by atoms with van der Waals surface area (Å²) < 4.78 is 0. The minimum atomic E-state index is -0.644. The standard InChI is InChI=1S/C7H12O2/c1-2-3-4-7(9)5-6-8/h7-9H,2-4H2,1H3. The molecule has 0 heterocycles. The topological polar surface area (TPSA) is 40.5 Å². The van der Waals surface area contributed by atoms with Crippen LogP contribution < -0.4 is 0 Å². The third-order valence-corrected chi connectivity index (χ3v) is 1.06. The lowest BCUT2D eigenvalue weighted by molar-refractivity contribution is 0.217. The fourth-order valence-corrected chi connectivity index (χ4v) is 0.544. The van der Waals surface area contributed by atoms with E-state index in [4.69, 9.17) is 10.2 Å². The molecule has 0 aliphatic heterocycles. The van der Waals surface area contributed by atoms with Crippen LogP contribution in [-0.2, 0) is 0 Å². The highest BCUT2D eigenvalue weighted by atomic mass is 16.3. The van der Waals surface area contributed by atoms with Crippen molar-refractivity contribution in [2.75, 3.05) is 0 Å². The van der Waals surface area contributed by atoms with Crippen LogP contribution in [0.2, 0.25) is 0 Å². The van der Waals surface area contributed by atoms with Crippen molar-refractivity contribution in [2.45, 2.75) is 32.3 Å². The zero-order valence-electron chi connectivity index (χ0n) is 5.59. The van der Waals surface area contributed by atoms with E-state index < -0.39 is 6.10 Å². The van der Waals surface area contributed by atoms with E-state index in [-0.39, 0.29) is 0 Å². The molecule has 0 amide bonds. The average molecular weight is 128 g/mol. The maximum atomic E-state index is 8.85. The lowest BCUT2D eigenvalue weighted by Crippen LogP contribution is -2.01. The first-order valence-electron chi connectivity index (χ1n) is 3.14. The van der Waals surface area contributed by atoms with Gasteiger partial charge in [-0.25, -0.2) is 0 Å². The molecule has 0 aromatic carbocycles. The SMILES string of the molecule is CCCCC(O)C#CO. The van der Waals surface area contributed by atoms with Crippen molar-refractivity contribution in [1.82, 2.24) is 0 Å². The highest BCUT2D eigenvalue weighted by Gasteiger charge is 1.95. The molecule has 2 nitrogen and oxygen atoms in total. The maximum absolute atomic E-state index is 8.85. The summed E-state index contributed by atoms with van der Waals surface area (Å²) in [5.74, 6) is 2.24. The van der Waals surface area contributed by atoms with Crippen LogP contribution in [0.3, 0.4) is 0 Å². The van der Waals surface area contributed by atoms with E-state index >= 15 is 0 Å². The highest BCUT2D eigenvalue weighted by molar-refractivity contribution is 4.97. The molecule has 2 N–H and O–H groups in total. The molecule has 0 bridgehead atoms. The summed E-state index contributed by atoms with van der Waals surface area (Å²) in [6.45, 7) is 2.04. The van der Waals surface area contributed by atoms with Gasteiger partial charge in [0.2, 0.25) is 0 Å². The summed E-state index contributed by atoms with van der Waals surface area (Å²) in [6.07, 6.45) is 3.69. The summed E-state index contributed by atoms with van der Waals surface area (Å²) in [5.41, 5.74) is 0. The third kappa shape index (κ3) is 5.19. The Balaban J connectivity index is 3.23. The van der Waals surface area contributed by atoms with E-state index in [1.165, 1.54) is 0 Å². The summed E-state index contributed by atoms with van der Waals surface area (Å²) in [4.78, 5) is 0. The molecule has 0 saturated carbocycles. The second-order valence-corrected chi connectivity index (χ2v) is 1.91. The Kier molecular flexibility index (Phi) is 5.04. The molecule has 0 aromatic rings. The fraction of sp³-hybridized carbons (Fsp3) is 0.714. The summed E-state index contributed by atoms with van der Waals surface area (Å²) in [6, 6.07) is 0. The minimum absolute atomic E-state index is 0.644. The zero-order valence-corrected chi connectivity index (χ0v) is 5.59. The van der Waals surface area contributed by atoms with Crippen molar-refractivity contribution < 1.29 is 10.2 Å². The Hall–Kier alpha value is -0.680. The van der Waals surface area contributed by atoms with Crippen LogP contribution in [0.5, 0.6) is 0 Å². The molecular formula is C7H12O2. The van der Waals surface area contributed by atoms with E-state index in [0.717, 1.165) is 12.8 Å². The third-order valence-electron chi connectivity index (χ3n) is 1.06. The van der Waals surface area contributed by atoms with Crippen molar-refractivity contribution >= 4 is 0 Å². The van der Waals surface area contributed by atoms with Crippen LogP contribution in [0.1, 0.15) is 26.2 Å². The van der Waals surface area contributed by atoms with Crippen molar-refractivity contribution in [1.29, 1.82) is 0 Å². The molecule has 0 aliphatic carbocycles. The molecule has 0 aliphatic rings. The van der Waals surface area contributed by atoms with Gasteiger partial charge in [-0.3, -0.25) is 0 Å². The second-order valence-electron chi connectivity index (χ2n) is 1.91. The Morgan fingerprint density at radius 2 is 2.22 bits per heavy atom. The number of rotatable bonds is 3. The van der Waals surface area contributed by atoms with Crippen LogP contribution >= 0.6 is 0 Å². The summed E-state index contributed by atoms with van der Waals surface area (Å²) in [5, 5.41) is 16.9. The molecule has 0 fully saturated rings. The number of aliphatic hydroxyl groups is 2. The fourth-order valence-electron chi connectivity index (χ4n) is 0.544. The van der Waals surface area contributed by atoms with Gasteiger partial charge in [0, 0.05) is 0 Å². The second kappa shape index (κ2) is 5.46. The van der Waals surface area contributed by atoms with Gasteiger partial charge < -0.3 is 10.2 Å². The van der Waals surface area contributed by atoms with Gasteiger partial charge in [0.05, 0.1) is 0 Å². The molecule has 0 rings (SSSR count). The molecular weight excluding hydrogens is 116 g/mol. The predicted octanol–water partition coefficient (Wildman–Crippen LogP) is 0.871. The first-order valence-corrected chi connectivity index (χ1v) is 3.14. The molecule has 0 aromatic heterocycles. The Labute approximate surface area is 55.5 Å². The molecule has 1 atom stereocenters. The van der Waals surface area contributed by atoms with Gasteiger partial charge in [-0.1, -0.05) is 19.8 Å². The molecule has 0 spiro atoms. The van der Waals surface area contributed by atoms with Gasteiger partial charge in [0.25, 0.3) is 0 Å². The molecule has 1 unspecified atom stereocenters. The average Bonchev–Trinajstić information content (AvgIpc) is 1.85. The largest absolute Gasteiger partial charge is 0.462 e. The molecule has 52 valence electrons. The van der Waals surface area contributed by atoms with E-state index in [9.17, 15) is 0 Å². The zero-order chi connectivity index (χ0) is 7.11. The van der Waals surface area contributed by atoms with Crippen molar-refractivity contribution in [2.24, 2.45) is 0 Å². The van der Waals surface area contributed by atoms with Crippen molar-refractivity contribution in [3.8, 4) is 12.0 Å². The van der Waals surface area contributed by atoms with E-state index in [2.05, 4.69) is 5.92 Å². The molecule has 0 radical (unpaired) electrons. The normalized spacial score (nSPS) is 11.8. The Morgan fingerprint density at radius 1 is 1.56 bits per heavy atom. The first-order chi connectivity index (χ1) is 4.31. The summed E-state index contributed by atoms with van der Waals surface area (Å²) in [7, 11) is 0. The van der Waals surface area contributed by atoms with Crippen LogP contribution in [0.25, 0.3) is 0 Å². The lowest BCUT2D eigenvalue weighted by atomic mass is 10.2. The Bertz CT molecular complexity index is 110. The van der Waals surface area contributed by atoms with Crippen molar-refractivity contribution in [3.63, 3.8) is 0 Å². The molecule has 2 heteroatoms. The van der Waals surface area contributed by atoms with Gasteiger partial charge in [0.1, 0.15) is 12.2 Å². The van der Waals surface area contributed by atoms with Crippen LogP contribution in [0.15, 0.2) is 0 Å². The quantitative estimate of drug-likeness (QED) is 0.554. The maximum Gasteiger partial charge on any atom is 0.118 e. The smallest absolute Gasteiger partial charge is 0.118 e. The van der Waals surface area contributed by atoms with E-state index in [1.807, 2.05) is 6.92 Å². The van der Waals surface area contributed by atoms with Crippen LogP contribution in [0, 0.1) is 12.0 Å².